The third-order valence-electron chi connectivity index (χ3n) is 9.87. The van der Waals surface area contributed by atoms with Gasteiger partial charge in [-0.15, -0.1) is 0 Å². The van der Waals surface area contributed by atoms with Gasteiger partial charge < -0.3 is 45.1 Å². The fraction of sp³-hybridized carbons (Fsp3) is 0.644. The molecule has 2 rings (SSSR count). The first-order valence-electron chi connectivity index (χ1n) is 22.8. The van der Waals surface area contributed by atoms with Crippen LogP contribution in [0.25, 0.3) is 0 Å². The van der Waals surface area contributed by atoms with Crippen molar-refractivity contribution in [2.24, 2.45) is 5.92 Å². The van der Waals surface area contributed by atoms with E-state index in [1.807, 2.05) is 61.6 Å². The van der Waals surface area contributed by atoms with Crippen LogP contribution in [0.5, 0.6) is 0 Å². The number of phosphoric ester groups is 2. The van der Waals surface area contributed by atoms with Crippen LogP contribution < -0.4 is 11.4 Å². The first-order valence-corrected chi connectivity index (χ1v) is 25.8. The van der Waals surface area contributed by atoms with Crippen molar-refractivity contribution < 1.29 is 71.4 Å². The molecule has 0 spiro atoms. The van der Waals surface area contributed by atoms with Gasteiger partial charge in [-0.1, -0.05) is 126 Å². The number of aliphatic hydroxyl groups is 3. The number of nitrogens with two attached hydrogens (primary N) is 1. The molecule has 66 heavy (non-hydrogen) atoms. The first-order chi connectivity index (χ1) is 31.4. The Kier molecular flexibility index (Phi) is 29.3. The highest BCUT2D eigenvalue weighted by molar-refractivity contribution is 7.61. The largest absolute Gasteiger partial charge is 0.481 e. The summed E-state index contributed by atoms with van der Waals surface area (Å²) in [6.07, 6.45) is 24.2. The van der Waals surface area contributed by atoms with Gasteiger partial charge in [0.05, 0.1) is 19.3 Å². The van der Waals surface area contributed by atoms with Gasteiger partial charge >= 0.3 is 33.3 Å². The normalized spacial score (nSPS) is 20.8. The molecular formula is C45H73N3O16P2. The van der Waals surface area contributed by atoms with Gasteiger partial charge in [-0.3, -0.25) is 23.2 Å². The Balaban J connectivity index is 1.87. The SMILES string of the molecule is CC/C=C\C(O)C/C=C/C=C\C/C=C\C/C=C\CCCC(=O)O[C@H](COC(=O)CCCCCCCCCC(C)C)COP(=O)(O)OP(=O)(O)OC[C@H]1O[C@@H](n2ccc(N)nc2=O)[C@H](O)[C@@H]1O. The quantitative estimate of drug-likeness (QED) is 0.0129. The number of phosphoric acid groups is 2. The van der Waals surface area contributed by atoms with E-state index in [0.717, 1.165) is 49.3 Å². The van der Waals surface area contributed by atoms with Crippen LogP contribution >= 0.6 is 15.6 Å². The molecule has 0 radical (unpaired) electrons. The van der Waals surface area contributed by atoms with Crippen molar-refractivity contribution in [2.45, 2.75) is 160 Å². The van der Waals surface area contributed by atoms with E-state index in [0.29, 0.717) is 38.0 Å². The third-order valence-corrected chi connectivity index (χ3v) is 12.5. The number of anilines is 1. The maximum atomic E-state index is 12.8. The van der Waals surface area contributed by atoms with E-state index in [2.05, 4.69) is 23.1 Å². The number of nitrogen functional groups attached to an aromatic ring is 1. The summed E-state index contributed by atoms with van der Waals surface area (Å²) in [4.78, 5) is 61.6. The number of nitrogens with zero attached hydrogens (tertiary/aromatic N) is 2. The fourth-order valence-electron chi connectivity index (χ4n) is 6.32. The van der Waals surface area contributed by atoms with Crippen LogP contribution in [0.2, 0.25) is 0 Å². The van der Waals surface area contributed by atoms with E-state index >= 15 is 0 Å². The number of allylic oxidation sites excluding steroid dienone is 8. The lowest BCUT2D eigenvalue weighted by molar-refractivity contribution is -0.161. The number of carbonyl (C=O) groups is 2. The number of aliphatic hydroxyl groups excluding tert-OH is 3. The van der Waals surface area contributed by atoms with Crippen LogP contribution in [0.4, 0.5) is 5.82 Å². The summed E-state index contributed by atoms with van der Waals surface area (Å²) in [6, 6.07) is 1.24. The van der Waals surface area contributed by atoms with Crippen LogP contribution in [0.3, 0.4) is 0 Å². The maximum Gasteiger partial charge on any atom is 0.481 e. The second-order valence-electron chi connectivity index (χ2n) is 16.2. The number of unbranched alkanes of at least 4 members (excludes halogenated alkanes) is 7. The minimum atomic E-state index is -5.44. The standard InChI is InChI=1S/C45H73N3O16P2/c1-4-5-26-36(49)27-22-18-14-10-8-6-7-9-11-15-20-24-29-41(51)62-37(32-59-40(50)28-23-19-16-12-13-17-21-25-35(2)3)33-60-65(55,56)64-66(57,58)61-34-38-42(52)43(53)44(63-38)48-31-30-39(46)47-45(48)54/h5-7,10-11,14-15,18,22,26,30-31,35-38,42-44,49,52-53H,4,8-9,12-13,16-17,19-21,23-25,27-29,32-34H2,1-3H3,(H,55,56)(H,57,58)(H2,46,47,54)/b7-6-,14-10-,15-11-,22-18+,26-5-/t36?,37-,38-,42-,43-,44-/m1/s1. The molecular weight excluding hydrogens is 900 g/mol. The highest BCUT2D eigenvalue weighted by Gasteiger charge is 2.46. The molecule has 21 heteroatoms. The van der Waals surface area contributed by atoms with Crippen molar-refractivity contribution in [1.82, 2.24) is 9.55 Å². The molecule has 1 aromatic heterocycles. The molecule has 19 nitrogen and oxygen atoms in total. The average Bonchev–Trinajstić information content (AvgIpc) is 3.53. The van der Waals surface area contributed by atoms with Crippen LogP contribution in [-0.2, 0) is 46.3 Å². The second kappa shape index (κ2) is 33.0. The lowest BCUT2D eigenvalue weighted by Gasteiger charge is -2.21. The molecule has 1 fully saturated rings. The lowest BCUT2D eigenvalue weighted by atomic mass is 10.0. The number of hydrogen-bond donors (Lipinski definition) is 6. The third kappa shape index (κ3) is 26.7. The monoisotopic (exact) mass is 973 g/mol. The zero-order chi connectivity index (χ0) is 48.8. The smallest absolute Gasteiger partial charge is 0.462 e. The van der Waals surface area contributed by atoms with E-state index in [-0.39, 0.29) is 18.7 Å². The topological polar surface area (TPSA) is 286 Å². The molecule has 0 bridgehead atoms. The summed E-state index contributed by atoms with van der Waals surface area (Å²) in [6.45, 7) is 4.04. The molecule has 2 heterocycles. The van der Waals surface area contributed by atoms with E-state index in [4.69, 9.17) is 29.0 Å². The van der Waals surface area contributed by atoms with Gasteiger partial charge in [-0.05, 0) is 56.9 Å². The number of carbonyl (C=O) groups excluding carboxylic acids is 2. The van der Waals surface area contributed by atoms with Gasteiger partial charge in [0.2, 0.25) is 0 Å². The molecule has 3 unspecified atom stereocenters. The summed E-state index contributed by atoms with van der Waals surface area (Å²) in [7, 11) is -10.9. The van der Waals surface area contributed by atoms with Gasteiger partial charge in [-0.2, -0.15) is 9.29 Å². The second-order valence-corrected chi connectivity index (χ2v) is 19.2. The molecule has 1 aliphatic rings. The Morgan fingerprint density at radius 3 is 2.18 bits per heavy atom. The highest BCUT2D eigenvalue weighted by atomic mass is 31.3. The molecule has 0 amide bonds. The van der Waals surface area contributed by atoms with Crippen molar-refractivity contribution in [3.63, 3.8) is 0 Å². The zero-order valence-electron chi connectivity index (χ0n) is 38.5. The number of esters is 2. The molecule has 8 atom stereocenters. The molecule has 374 valence electrons. The average molecular weight is 974 g/mol. The Hall–Kier alpha value is -3.58. The molecule has 0 aromatic carbocycles. The molecule has 1 saturated heterocycles. The van der Waals surface area contributed by atoms with Gasteiger partial charge in [0.15, 0.2) is 12.3 Å². The summed E-state index contributed by atoms with van der Waals surface area (Å²) in [5.41, 5.74) is 4.56. The van der Waals surface area contributed by atoms with Gasteiger partial charge in [0.1, 0.15) is 30.7 Å². The molecule has 0 saturated carbocycles. The van der Waals surface area contributed by atoms with E-state index < -0.39 is 89.8 Å². The van der Waals surface area contributed by atoms with E-state index in [9.17, 15) is 48.6 Å². The molecule has 1 aromatic rings. The number of aromatic nitrogens is 2. The Bertz CT molecular complexity index is 1870. The van der Waals surface area contributed by atoms with Gasteiger partial charge in [-0.25, -0.2) is 13.9 Å². The summed E-state index contributed by atoms with van der Waals surface area (Å²) in [5, 5.41) is 30.6. The van der Waals surface area contributed by atoms with Crippen molar-refractivity contribution in [3.8, 4) is 0 Å². The van der Waals surface area contributed by atoms with Crippen molar-refractivity contribution in [2.75, 3.05) is 25.6 Å². The van der Waals surface area contributed by atoms with Gasteiger partial charge in [0, 0.05) is 19.0 Å². The van der Waals surface area contributed by atoms with Crippen molar-refractivity contribution >= 4 is 33.4 Å². The minimum absolute atomic E-state index is 0.0482. The number of rotatable bonds is 35. The van der Waals surface area contributed by atoms with Crippen LogP contribution in [0, 0.1) is 5.92 Å². The zero-order valence-corrected chi connectivity index (χ0v) is 40.3. The molecule has 7 N–H and O–H groups in total. The number of hydrogen-bond acceptors (Lipinski definition) is 16. The Morgan fingerprint density at radius 2 is 1.48 bits per heavy atom. The fourth-order valence-corrected chi connectivity index (χ4v) is 8.43. The first kappa shape index (κ1) is 58.5. The van der Waals surface area contributed by atoms with E-state index in [1.165, 1.54) is 25.3 Å². The highest BCUT2D eigenvalue weighted by Crippen LogP contribution is 2.60. The minimum Gasteiger partial charge on any atom is -0.462 e. The Morgan fingerprint density at radius 1 is 0.848 bits per heavy atom. The number of ether oxygens (including phenoxy) is 3. The van der Waals surface area contributed by atoms with Crippen molar-refractivity contribution in [1.29, 1.82) is 0 Å². The lowest BCUT2D eigenvalue weighted by Crippen LogP contribution is -2.36. The molecule has 0 aliphatic carbocycles. The summed E-state index contributed by atoms with van der Waals surface area (Å²) >= 11 is 0. The predicted octanol–water partition coefficient (Wildman–Crippen LogP) is 7.21. The summed E-state index contributed by atoms with van der Waals surface area (Å²) in [5.74, 6) is -0.716. The van der Waals surface area contributed by atoms with Gasteiger partial charge in [0.25, 0.3) is 0 Å². The predicted molar refractivity (Wildman–Crippen MR) is 248 cm³/mol. The summed E-state index contributed by atoms with van der Waals surface area (Å²) < 4.78 is 56.4. The van der Waals surface area contributed by atoms with E-state index in [1.54, 1.807) is 6.08 Å². The maximum absolute atomic E-state index is 12.8. The molecule has 1 aliphatic heterocycles. The van der Waals surface area contributed by atoms with Crippen LogP contribution in [0.1, 0.15) is 130 Å². The Labute approximate surface area is 388 Å². The van der Waals surface area contributed by atoms with Crippen molar-refractivity contribution in [3.05, 3.63) is 83.5 Å². The van der Waals surface area contributed by atoms with Crippen LogP contribution in [0.15, 0.2) is 77.8 Å². The van der Waals surface area contributed by atoms with Crippen LogP contribution in [-0.4, -0.2) is 96.9 Å².